The van der Waals surface area contributed by atoms with E-state index < -0.39 is 11.6 Å². The number of aliphatic hydroxyl groups is 1. The topological polar surface area (TPSA) is 116 Å². The van der Waals surface area contributed by atoms with Crippen LogP contribution in [-0.4, -0.2) is 93.2 Å². The quantitative estimate of drug-likeness (QED) is 0.287. The SMILES string of the molecule is COCCOCCOC1=C(C)C(=O)C2=C(C1=O)C(CO)C1(OC)C3NC3CN21. The van der Waals surface area contributed by atoms with Crippen molar-refractivity contribution in [1.29, 1.82) is 0 Å². The molecule has 2 N–H and O–H groups in total. The molecule has 9 heteroatoms. The van der Waals surface area contributed by atoms with Crippen molar-refractivity contribution in [2.45, 2.75) is 24.7 Å². The van der Waals surface area contributed by atoms with Crippen LogP contribution in [0.15, 0.2) is 22.6 Å². The molecule has 2 fully saturated rings. The molecular weight excluding hydrogens is 368 g/mol. The maximum atomic E-state index is 13.2. The monoisotopic (exact) mass is 394 g/mol. The van der Waals surface area contributed by atoms with Crippen LogP contribution >= 0.6 is 0 Å². The molecule has 4 atom stereocenters. The van der Waals surface area contributed by atoms with Gasteiger partial charge < -0.3 is 34.3 Å². The second kappa shape index (κ2) is 7.23. The molecule has 4 unspecified atom stereocenters. The third-order valence-electron chi connectivity index (χ3n) is 6.07. The van der Waals surface area contributed by atoms with E-state index in [1.54, 1.807) is 21.1 Å². The van der Waals surface area contributed by atoms with Crippen LogP contribution in [0.3, 0.4) is 0 Å². The standard InChI is InChI=1S/C19H26N2O7/c1-10-15(23)14-13(16(24)17(10)28-7-6-27-5-4-25-2)11(9-22)19(26-3)18-12(20-18)8-21(14)19/h11-12,18,20,22H,4-9H2,1-3H3. The third-order valence-corrected chi connectivity index (χ3v) is 6.07. The van der Waals surface area contributed by atoms with Gasteiger partial charge in [-0.2, -0.15) is 0 Å². The highest BCUT2D eigenvalue weighted by Gasteiger charge is 2.72. The summed E-state index contributed by atoms with van der Waals surface area (Å²) < 4.78 is 21.7. The number of fused-ring (bicyclic) bond motifs is 4. The first kappa shape index (κ1) is 19.5. The van der Waals surface area contributed by atoms with Gasteiger partial charge in [0.25, 0.3) is 0 Å². The van der Waals surface area contributed by atoms with Crippen molar-refractivity contribution in [3.63, 3.8) is 0 Å². The predicted octanol–water partition coefficient (Wildman–Crippen LogP) is -1.03. The molecule has 154 valence electrons. The molecule has 3 heterocycles. The zero-order valence-corrected chi connectivity index (χ0v) is 16.3. The van der Waals surface area contributed by atoms with E-state index in [2.05, 4.69) is 5.32 Å². The van der Waals surface area contributed by atoms with E-state index in [4.69, 9.17) is 18.9 Å². The summed E-state index contributed by atoms with van der Waals surface area (Å²) in [5.41, 5.74) is 0.00950. The second-order valence-electron chi connectivity index (χ2n) is 7.38. The van der Waals surface area contributed by atoms with Crippen LogP contribution in [0.25, 0.3) is 0 Å². The number of allylic oxidation sites excluding steroid dienone is 2. The van der Waals surface area contributed by atoms with E-state index in [1.807, 2.05) is 4.90 Å². The van der Waals surface area contributed by atoms with Crippen molar-refractivity contribution in [2.75, 3.05) is 53.8 Å². The summed E-state index contributed by atoms with van der Waals surface area (Å²) in [5, 5.41) is 13.4. The van der Waals surface area contributed by atoms with Crippen LogP contribution < -0.4 is 5.32 Å². The van der Waals surface area contributed by atoms with Gasteiger partial charge in [-0.15, -0.1) is 0 Å². The Morgan fingerprint density at radius 3 is 2.61 bits per heavy atom. The molecule has 0 aromatic rings. The third kappa shape index (κ3) is 2.57. The molecule has 0 spiro atoms. The minimum Gasteiger partial charge on any atom is -0.487 e. The number of carbonyl (C=O) groups is 2. The molecule has 0 aromatic carbocycles. The lowest BCUT2D eigenvalue weighted by Crippen LogP contribution is -2.54. The van der Waals surface area contributed by atoms with E-state index in [0.29, 0.717) is 31.0 Å². The highest BCUT2D eigenvalue weighted by molar-refractivity contribution is 6.25. The van der Waals surface area contributed by atoms with Gasteiger partial charge in [-0.05, 0) is 6.92 Å². The van der Waals surface area contributed by atoms with Crippen LogP contribution in [0, 0.1) is 5.92 Å². The largest absolute Gasteiger partial charge is 0.487 e. The maximum absolute atomic E-state index is 13.2. The van der Waals surface area contributed by atoms with Gasteiger partial charge in [-0.3, -0.25) is 9.59 Å². The van der Waals surface area contributed by atoms with Crippen LogP contribution in [0.5, 0.6) is 0 Å². The van der Waals surface area contributed by atoms with Gasteiger partial charge in [0.05, 0.1) is 44.1 Å². The summed E-state index contributed by atoms with van der Waals surface area (Å²) in [6, 6.07) is 0.192. The number of nitrogens with one attached hydrogen (secondary N) is 1. The number of carbonyl (C=O) groups excluding carboxylic acids is 2. The number of ether oxygens (including phenoxy) is 4. The van der Waals surface area contributed by atoms with Crippen LogP contribution in [-0.2, 0) is 28.5 Å². The summed E-state index contributed by atoms with van der Waals surface area (Å²) in [4.78, 5) is 28.2. The fraction of sp³-hybridized carbons (Fsp3) is 0.684. The molecule has 0 radical (unpaired) electrons. The molecule has 28 heavy (non-hydrogen) atoms. The summed E-state index contributed by atoms with van der Waals surface area (Å²) >= 11 is 0. The van der Waals surface area contributed by atoms with Crippen molar-refractivity contribution in [2.24, 2.45) is 5.92 Å². The van der Waals surface area contributed by atoms with Crippen LogP contribution in [0.1, 0.15) is 6.92 Å². The highest BCUT2D eigenvalue weighted by atomic mass is 16.5. The summed E-state index contributed by atoms with van der Waals surface area (Å²) in [5.74, 6) is -1.18. The number of rotatable bonds is 9. The van der Waals surface area contributed by atoms with Crippen molar-refractivity contribution < 1.29 is 33.6 Å². The molecule has 4 rings (SSSR count). The number of hydrogen-bond acceptors (Lipinski definition) is 9. The number of piperazine rings is 1. The van der Waals surface area contributed by atoms with E-state index in [1.165, 1.54) is 0 Å². The van der Waals surface area contributed by atoms with E-state index in [-0.39, 0.29) is 54.8 Å². The summed E-state index contributed by atoms with van der Waals surface area (Å²) in [7, 11) is 3.14. The van der Waals surface area contributed by atoms with Crippen molar-refractivity contribution in [1.82, 2.24) is 10.2 Å². The normalized spacial score (nSPS) is 33.4. The maximum Gasteiger partial charge on any atom is 0.226 e. The molecule has 9 nitrogen and oxygen atoms in total. The van der Waals surface area contributed by atoms with Crippen molar-refractivity contribution >= 4 is 11.6 Å². The Labute approximate surface area is 163 Å². The lowest BCUT2D eigenvalue weighted by atomic mass is 9.83. The Morgan fingerprint density at radius 2 is 1.93 bits per heavy atom. The van der Waals surface area contributed by atoms with Gasteiger partial charge in [0.2, 0.25) is 11.6 Å². The Bertz CT molecular complexity index is 761. The average Bonchev–Trinajstić information content (AvgIpc) is 3.30. The Kier molecular flexibility index (Phi) is 5.05. The molecule has 0 amide bonds. The minimum atomic E-state index is -0.908. The smallest absolute Gasteiger partial charge is 0.226 e. The van der Waals surface area contributed by atoms with Crippen LogP contribution in [0.2, 0.25) is 0 Å². The fourth-order valence-corrected chi connectivity index (χ4v) is 4.74. The molecule has 2 saturated heterocycles. The second-order valence-corrected chi connectivity index (χ2v) is 7.38. The van der Waals surface area contributed by atoms with E-state index in [0.717, 1.165) is 0 Å². The number of Topliss-reactive ketones (excluding diaryl/α,β-unsaturated/α-hetero) is 2. The Morgan fingerprint density at radius 1 is 1.18 bits per heavy atom. The van der Waals surface area contributed by atoms with Gasteiger partial charge in [0.1, 0.15) is 6.61 Å². The van der Waals surface area contributed by atoms with Gasteiger partial charge >= 0.3 is 0 Å². The molecule has 0 saturated carbocycles. The first-order valence-corrected chi connectivity index (χ1v) is 9.46. The molecule has 1 aliphatic carbocycles. The number of aliphatic hydroxyl groups excluding tert-OH is 1. The summed E-state index contributed by atoms with van der Waals surface area (Å²) in [6.07, 6.45) is 0. The van der Waals surface area contributed by atoms with Gasteiger partial charge in [-0.1, -0.05) is 0 Å². The first-order chi connectivity index (χ1) is 13.5. The highest BCUT2D eigenvalue weighted by Crippen LogP contribution is 2.55. The Hall–Kier alpha value is -1.78. The van der Waals surface area contributed by atoms with Crippen molar-refractivity contribution in [3.8, 4) is 0 Å². The molecule has 3 aliphatic heterocycles. The Balaban J connectivity index is 1.56. The predicted molar refractivity (Wildman–Crippen MR) is 96.1 cm³/mol. The minimum absolute atomic E-state index is 0.0142. The average molecular weight is 394 g/mol. The molecule has 0 aromatic heterocycles. The number of methoxy groups -OCH3 is 2. The van der Waals surface area contributed by atoms with Gasteiger partial charge in [0.15, 0.2) is 11.5 Å². The number of hydrogen-bond donors (Lipinski definition) is 2. The number of ketones is 2. The fourth-order valence-electron chi connectivity index (χ4n) is 4.74. The lowest BCUT2D eigenvalue weighted by Gasteiger charge is -2.39. The number of nitrogens with zero attached hydrogens (tertiary/aromatic N) is 1. The lowest BCUT2D eigenvalue weighted by molar-refractivity contribution is -0.137. The van der Waals surface area contributed by atoms with E-state index >= 15 is 0 Å². The van der Waals surface area contributed by atoms with Gasteiger partial charge in [-0.25, -0.2) is 0 Å². The zero-order valence-electron chi connectivity index (χ0n) is 16.3. The molecule has 4 aliphatic rings. The van der Waals surface area contributed by atoms with E-state index in [9.17, 15) is 14.7 Å². The van der Waals surface area contributed by atoms with Crippen molar-refractivity contribution in [3.05, 3.63) is 22.6 Å². The first-order valence-electron chi connectivity index (χ1n) is 9.46. The zero-order chi connectivity index (χ0) is 20.1. The summed E-state index contributed by atoms with van der Waals surface area (Å²) in [6.45, 7) is 3.20. The molecular formula is C19H26N2O7. The van der Waals surface area contributed by atoms with Crippen LogP contribution in [0.4, 0.5) is 0 Å². The van der Waals surface area contributed by atoms with Gasteiger partial charge in [0, 0.05) is 38.0 Å². The molecule has 0 bridgehead atoms.